The first-order valence-corrected chi connectivity index (χ1v) is 3.25. The highest BCUT2D eigenvalue weighted by molar-refractivity contribution is 5.79. The highest BCUT2D eigenvalue weighted by Crippen LogP contribution is 1.93. The SMILES string of the molecule is CN=C(C)N(C)C(C)C. The number of hydrogen-bond acceptors (Lipinski definition) is 1. The topological polar surface area (TPSA) is 15.6 Å². The summed E-state index contributed by atoms with van der Waals surface area (Å²) >= 11 is 0. The maximum absolute atomic E-state index is 4.05. The van der Waals surface area contributed by atoms with Crippen LogP contribution in [0.15, 0.2) is 4.99 Å². The fraction of sp³-hybridized carbons (Fsp3) is 0.857. The van der Waals surface area contributed by atoms with Gasteiger partial charge in [0.2, 0.25) is 0 Å². The van der Waals surface area contributed by atoms with Crippen molar-refractivity contribution in [3.63, 3.8) is 0 Å². The smallest absolute Gasteiger partial charge is 0.0953 e. The van der Waals surface area contributed by atoms with Crippen molar-refractivity contribution in [2.45, 2.75) is 26.8 Å². The Morgan fingerprint density at radius 3 is 2.00 bits per heavy atom. The highest BCUT2D eigenvalue weighted by atomic mass is 15.2. The van der Waals surface area contributed by atoms with Gasteiger partial charge in [0.1, 0.15) is 0 Å². The fourth-order valence-corrected chi connectivity index (χ4v) is 0.531. The molecule has 2 nitrogen and oxygen atoms in total. The van der Waals surface area contributed by atoms with Crippen LogP contribution in [0.5, 0.6) is 0 Å². The van der Waals surface area contributed by atoms with E-state index in [2.05, 4.69) is 23.7 Å². The zero-order chi connectivity index (χ0) is 7.44. The number of amidine groups is 1. The van der Waals surface area contributed by atoms with Crippen LogP contribution in [0, 0.1) is 0 Å². The molecule has 0 aromatic rings. The van der Waals surface area contributed by atoms with Crippen LogP contribution in [0.25, 0.3) is 0 Å². The minimum atomic E-state index is 0.550. The van der Waals surface area contributed by atoms with Crippen molar-refractivity contribution in [2.75, 3.05) is 14.1 Å². The molecule has 9 heavy (non-hydrogen) atoms. The molecule has 0 spiro atoms. The number of hydrogen-bond donors (Lipinski definition) is 0. The molecule has 0 aliphatic heterocycles. The molecule has 0 atom stereocenters. The second kappa shape index (κ2) is 3.49. The lowest BCUT2D eigenvalue weighted by atomic mass is 10.3. The van der Waals surface area contributed by atoms with E-state index in [4.69, 9.17) is 0 Å². The van der Waals surface area contributed by atoms with Crippen LogP contribution in [0.2, 0.25) is 0 Å². The lowest BCUT2D eigenvalue weighted by Crippen LogP contribution is -2.30. The Labute approximate surface area is 57.6 Å². The zero-order valence-corrected chi connectivity index (χ0v) is 6.97. The molecular formula is C7H16N2. The van der Waals surface area contributed by atoms with Crippen molar-refractivity contribution in [1.29, 1.82) is 0 Å². The highest BCUT2D eigenvalue weighted by Gasteiger charge is 2.01. The van der Waals surface area contributed by atoms with Crippen molar-refractivity contribution in [3.8, 4) is 0 Å². The summed E-state index contributed by atoms with van der Waals surface area (Å²) in [7, 11) is 3.86. The normalized spacial score (nSPS) is 12.4. The van der Waals surface area contributed by atoms with Crippen molar-refractivity contribution in [3.05, 3.63) is 0 Å². The Kier molecular flexibility index (Phi) is 3.28. The summed E-state index contributed by atoms with van der Waals surface area (Å²) in [6, 6.07) is 0.550. The average Bonchev–Trinajstić information content (AvgIpc) is 1.84. The Hall–Kier alpha value is -0.530. The summed E-state index contributed by atoms with van der Waals surface area (Å²) in [5, 5.41) is 0. The van der Waals surface area contributed by atoms with Crippen LogP contribution < -0.4 is 0 Å². The molecule has 0 aliphatic rings. The molecule has 0 heterocycles. The molecule has 0 amide bonds. The number of rotatable bonds is 1. The van der Waals surface area contributed by atoms with Gasteiger partial charge in [-0.3, -0.25) is 4.99 Å². The van der Waals surface area contributed by atoms with Gasteiger partial charge in [-0.25, -0.2) is 0 Å². The zero-order valence-electron chi connectivity index (χ0n) is 6.97. The molecule has 0 saturated heterocycles. The van der Waals surface area contributed by atoms with Crippen LogP contribution in [0.1, 0.15) is 20.8 Å². The first-order valence-electron chi connectivity index (χ1n) is 3.25. The summed E-state index contributed by atoms with van der Waals surface area (Å²) < 4.78 is 0. The maximum Gasteiger partial charge on any atom is 0.0953 e. The molecule has 0 radical (unpaired) electrons. The van der Waals surface area contributed by atoms with Gasteiger partial charge in [0, 0.05) is 20.1 Å². The monoisotopic (exact) mass is 128 g/mol. The van der Waals surface area contributed by atoms with Gasteiger partial charge in [-0.15, -0.1) is 0 Å². The molecule has 0 N–H and O–H groups in total. The van der Waals surface area contributed by atoms with Gasteiger partial charge in [-0.05, 0) is 20.8 Å². The fourth-order valence-electron chi connectivity index (χ4n) is 0.531. The third-order valence-electron chi connectivity index (χ3n) is 1.61. The van der Waals surface area contributed by atoms with Crippen molar-refractivity contribution in [1.82, 2.24) is 4.90 Å². The van der Waals surface area contributed by atoms with Crippen molar-refractivity contribution in [2.24, 2.45) is 4.99 Å². The molecule has 54 valence electrons. The molecular weight excluding hydrogens is 112 g/mol. The van der Waals surface area contributed by atoms with Gasteiger partial charge in [0.25, 0.3) is 0 Å². The first kappa shape index (κ1) is 8.47. The van der Waals surface area contributed by atoms with Crippen molar-refractivity contribution < 1.29 is 0 Å². The van der Waals surface area contributed by atoms with E-state index < -0.39 is 0 Å². The summed E-state index contributed by atoms with van der Waals surface area (Å²) in [5.41, 5.74) is 0. The van der Waals surface area contributed by atoms with Crippen LogP contribution in [0.3, 0.4) is 0 Å². The second-order valence-electron chi connectivity index (χ2n) is 2.48. The van der Waals surface area contributed by atoms with E-state index in [1.165, 1.54) is 0 Å². The van der Waals surface area contributed by atoms with Crippen LogP contribution in [-0.2, 0) is 0 Å². The summed E-state index contributed by atoms with van der Waals surface area (Å²) in [6.45, 7) is 6.31. The summed E-state index contributed by atoms with van der Waals surface area (Å²) in [4.78, 5) is 6.19. The molecule has 2 heteroatoms. The molecule has 0 fully saturated rings. The Morgan fingerprint density at radius 1 is 1.44 bits per heavy atom. The lowest BCUT2D eigenvalue weighted by molar-refractivity contribution is 0.414. The standard InChI is InChI=1S/C7H16N2/c1-6(2)9(5)7(3)8-4/h6H,1-5H3. The van der Waals surface area contributed by atoms with Gasteiger partial charge in [-0.1, -0.05) is 0 Å². The van der Waals surface area contributed by atoms with Crippen LogP contribution in [-0.4, -0.2) is 30.9 Å². The van der Waals surface area contributed by atoms with Crippen LogP contribution in [0.4, 0.5) is 0 Å². The van der Waals surface area contributed by atoms with E-state index in [1.54, 1.807) is 0 Å². The molecule has 0 rings (SSSR count). The molecule has 0 unspecified atom stereocenters. The van der Waals surface area contributed by atoms with E-state index in [-0.39, 0.29) is 0 Å². The predicted molar refractivity (Wildman–Crippen MR) is 41.9 cm³/mol. The Bertz CT molecular complexity index is 105. The Balaban J connectivity index is 3.88. The van der Waals surface area contributed by atoms with E-state index in [0.29, 0.717) is 6.04 Å². The lowest BCUT2D eigenvalue weighted by Gasteiger charge is -2.22. The maximum atomic E-state index is 4.05. The molecule has 0 bridgehead atoms. The molecule has 0 aliphatic carbocycles. The van der Waals surface area contributed by atoms with Gasteiger partial charge in [0.15, 0.2) is 0 Å². The predicted octanol–water partition coefficient (Wildman–Crippen LogP) is 1.37. The molecule has 0 aromatic carbocycles. The van der Waals surface area contributed by atoms with E-state index >= 15 is 0 Å². The third kappa shape index (κ3) is 2.49. The quantitative estimate of drug-likeness (QED) is 0.385. The number of nitrogens with zero attached hydrogens (tertiary/aromatic N) is 2. The van der Waals surface area contributed by atoms with Gasteiger partial charge < -0.3 is 4.90 Å². The average molecular weight is 128 g/mol. The van der Waals surface area contributed by atoms with Gasteiger partial charge in [-0.2, -0.15) is 0 Å². The minimum Gasteiger partial charge on any atom is -0.361 e. The summed E-state index contributed by atoms with van der Waals surface area (Å²) in [6.07, 6.45) is 0. The van der Waals surface area contributed by atoms with E-state index in [1.807, 2.05) is 21.0 Å². The van der Waals surface area contributed by atoms with Gasteiger partial charge in [0.05, 0.1) is 5.84 Å². The summed E-state index contributed by atoms with van der Waals surface area (Å²) in [5.74, 6) is 1.09. The van der Waals surface area contributed by atoms with E-state index in [0.717, 1.165) is 5.84 Å². The van der Waals surface area contributed by atoms with Crippen LogP contribution >= 0.6 is 0 Å². The molecule has 0 aromatic heterocycles. The van der Waals surface area contributed by atoms with Gasteiger partial charge >= 0.3 is 0 Å². The second-order valence-corrected chi connectivity index (χ2v) is 2.48. The van der Waals surface area contributed by atoms with Crippen molar-refractivity contribution >= 4 is 5.84 Å². The van der Waals surface area contributed by atoms with E-state index in [9.17, 15) is 0 Å². The largest absolute Gasteiger partial charge is 0.361 e. The Morgan fingerprint density at radius 2 is 1.89 bits per heavy atom. The number of aliphatic imine (C=N–C) groups is 1. The third-order valence-corrected chi connectivity index (χ3v) is 1.61. The molecule has 0 saturated carbocycles. The first-order chi connectivity index (χ1) is 4.09. The minimum absolute atomic E-state index is 0.550.